The minimum atomic E-state index is -1.01. The van der Waals surface area contributed by atoms with Gasteiger partial charge >= 0.3 is 5.97 Å². The van der Waals surface area contributed by atoms with Gasteiger partial charge in [-0.3, -0.25) is 9.59 Å². The van der Waals surface area contributed by atoms with Crippen LogP contribution < -0.4 is 5.32 Å². The molecule has 0 saturated carbocycles. The number of piperidine rings is 1. The van der Waals surface area contributed by atoms with Crippen molar-refractivity contribution in [1.82, 2.24) is 10.2 Å². The first kappa shape index (κ1) is 15.5. The van der Waals surface area contributed by atoms with E-state index in [2.05, 4.69) is 5.32 Å². The fourth-order valence-corrected chi connectivity index (χ4v) is 3.16. The van der Waals surface area contributed by atoms with Crippen LogP contribution in [0.5, 0.6) is 0 Å². The molecule has 1 fully saturated rings. The van der Waals surface area contributed by atoms with Gasteiger partial charge in [0, 0.05) is 26.6 Å². The van der Waals surface area contributed by atoms with Crippen molar-refractivity contribution in [3.63, 3.8) is 0 Å². The number of nitrogens with one attached hydrogen (secondary N) is 1. The average molecular weight is 310 g/mol. The van der Waals surface area contributed by atoms with Crippen molar-refractivity contribution >= 4 is 29.1 Å². The molecule has 0 spiro atoms. The van der Waals surface area contributed by atoms with Gasteiger partial charge in [-0.05, 0) is 30.9 Å². The van der Waals surface area contributed by atoms with Crippen LogP contribution in [-0.4, -0.2) is 47.4 Å². The third kappa shape index (κ3) is 4.04. The zero-order valence-corrected chi connectivity index (χ0v) is 12.6. The molecule has 0 aliphatic carbocycles. The Labute approximate surface area is 126 Å². The Bertz CT molecular complexity index is 547. The number of carbonyl (C=O) groups excluding carboxylic acids is 2. The molecule has 1 aliphatic rings. The second-order valence-electron chi connectivity index (χ2n) is 5.14. The number of likely N-dealkylation sites (tertiary alicyclic amines) is 1. The molecule has 2 heterocycles. The summed E-state index contributed by atoms with van der Waals surface area (Å²) >= 11 is 1.01. The summed E-state index contributed by atoms with van der Waals surface area (Å²) in [6, 6.07) is 3.03. The fraction of sp³-hybridized carbons (Fsp3) is 0.500. The minimum Gasteiger partial charge on any atom is -0.477 e. The number of rotatable bonds is 4. The normalized spacial score (nSPS) is 15.8. The van der Waals surface area contributed by atoms with Crippen LogP contribution >= 0.6 is 11.3 Å². The second kappa shape index (κ2) is 6.71. The Morgan fingerprint density at radius 3 is 2.43 bits per heavy atom. The Hall–Kier alpha value is -1.89. The van der Waals surface area contributed by atoms with Gasteiger partial charge in [-0.25, -0.2) is 4.79 Å². The quantitative estimate of drug-likeness (QED) is 0.881. The molecule has 0 aromatic carbocycles. The number of carboxylic acid groups (broad SMARTS) is 1. The number of hydrogen-bond acceptors (Lipinski definition) is 4. The molecule has 1 aromatic rings. The highest BCUT2D eigenvalue weighted by molar-refractivity contribution is 7.15. The third-order valence-electron chi connectivity index (χ3n) is 3.57. The SMILES string of the molecule is CC(=O)NCC1CCN(C(=O)c2ccc(C(=O)O)s2)CC1. The van der Waals surface area contributed by atoms with E-state index >= 15 is 0 Å². The smallest absolute Gasteiger partial charge is 0.345 e. The van der Waals surface area contributed by atoms with E-state index in [-0.39, 0.29) is 16.7 Å². The van der Waals surface area contributed by atoms with Crippen molar-refractivity contribution in [2.24, 2.45) is 5.92 Å². The second-order valence-corrected chi connectivity index (χ2v) is 6.23. The van der Waals surface area contributed by atoms with Crippen LogP contribution in [0, 0.1) is 5.92 Å². The molecule has 0 bridgehead atoms. The van der Waals surface area contributed by atoms with E-state index in [1.54, 1.807) is 11.0 Å². The molecule has 1 aliphatic heterocycles. The summed E-state index contributed by atoms with van der Waals surface area (Å²) in [6.45, 7) is 3.43. The summed E-state index contributed by atoms with van der Waals surface area (Å²) in [6.07, 6.45) is 1.70. The number of aromatic carboxylic acids is 1. The van der Waals surface area contributed by atoms with Crippen molar-refractivity contribution in [2.75, 3.05) is 19.6 Å². The van der Waals surface area contributed by atoms with Crippen LogP contribution in [0.1, 0.15) is 39.1 Å². The summed E-state index contributed by atoms with van der Waals surface area (Å²) in [4.78, 5) is 36.4. The Balaban J connectivity index is 1.87. The van der Waals surface area contributed by atoms with E-state index < -0.39 is 5.97 Å². The number of carboxylic acids is 1. The monoisotopic (exact) mass is 310 g/mol. The maximum Gasteiger partial charge on any atom is 0.345 e. The Kier molecular flexibility index (Phi) is 4.95. The van der Waals surface area contributed by atoms with Gasteiger partial charge in [-0.15, -0.1) is 11.3 Å². The summed E-state index contributed by atoms with van der Waals surface area (Å²) in [7, 11) is 0. The van der Waals surface area contributed by atoms with Crippen LogP contribution in [0.3, 0.4) is 0 Å². The van der Waals surface area contributed by atoms with Gasteiger partial charge in [0.1, 0.15) is 4.88 Å². The maximum atomic E-state index is 12.3. The minimum absolute atomic E-state index is 0.0340. The van der Waals surface area contributed by atoms with E-state index in [0.29, 0.717) is 30.4 Å². The highest BCUT2D eigenvalue weighted by Crippen LogP contribution is 2.22. The zero-order valence-electron chi connectivity index (χ0n) is 11.8. The lowest BCUT2D eigenvalue weighted by Crippen LogP contribution is -2.41. The van der Waals surface area contributed by atoms with Gasteiger partial charge in [-0.2, -0.15) is 0 Å². The summed E-state index contributed by atoms with van der Waals surface area (Å²) < 4.78 is 0. The molecule has 0 unspecified atom stereocenters. The lowest BCUT2D eigenvalue weighted by molar-refractivity contribution is -0.119. The van der Waals surface area contributed by atoms with Crippen LogP contribution in [0.4, 0.5) is 0 Å². The topological polar surface area (TPSA) is 86.7 Å². The molecule has 6 nitrogen and oxygen atoms in total. The molecule has 2 amide bonds. The summed E-state index contributed by atoms with van der Waals surface area (Å²) in [5, 5.41) is 11.7. The molecule has 2 rings (SSSR count). The molecule has 1 aromatic heterocycles. The first-order chi connectivity index (χ1) is 9.97. The van der Waals surface area contributed by atoms with Gasteiger partial charge < -0.3 is 15.3 Å². The van der Waals surface area contributed by atoms with E-state index in [0.717, 1.165) is 24.2 Å². The molecule has 21 heavy (non-hydrogen) atoms. The van der Waals surface area contributed by atoms with E-state index in [4.69, 9.17) is 5.11 Å². The highest BCUT2D eigenvalue weighted by Gasteiger charge is 2.25. The zero-order chi connectivity index (χ0) is 15.4. The van der Waals surface area contributed by atoms with Gasteiger partial charge in [-0.1, -0.05) is 0 Å². The number of thiophene rings is 1. The predicted octanol–water partition coefficient (Wildman–Crippen LogP) is 1.43. The Morgan fingerprint density at radius 1 is 1.29 bits per heavy atom. The van der Waals surface area contributed by atoms with E-state index in [1.807, 2.05) is 0 Å². The first-order valence-electron chi connectivity index (χ1n) is 6.84. The van der Waals surface area contributed by atoms with E-state index in [9.17, 15) is 14.4 Å². The largest absolute Gasteiger partial charge is 0.477 e. The molecular weight excluding hydrogens is 292 g/mol. The molecule has 0 radical (unpaired) electrons. The van der Waals surface area contributed by atoms with Crippen molar-refractivity contribution in [3.05, 3.63) is 21.9 Å². The average Bonchev–Trinajstić information content (AvgIpc) is 2.95. The lowest BCUT2D eigenvalue weighted by atomic mass is 9.96. The number of nitrogens with zero attached hydrogens (tertiary/aromatic N) is 1. The van der Waals surface area contributed by atoms with Crippen LogP contribution in [0.2, 0.25) is 0 Å². The number of hydrogen-bond donors (Lipinski definition) is 2. The fourth-order valence-electron chi connectivity index (χ4n) is 2.35. The van der Waals surface area contributed by atoms with Crippen molar-refractivity contribution in [2.45, 2.75) is 19.8 Å². The van der Waals surface area contributed by atoms with Crippen molar-refractivity contribution < 1.29 is 19.5 Å². The number of carbonyl (C=O) groups is 3. The molecule has 114 valence electrons. The standard InChI is InChI=1S/C14H18N2O4S/c1-9(17)15-8-10-4-6-16(7-5-10)13(18)11-2-3-12(21-11)14(19)20/h2-3,10H,4-8H2,1H3,(H,15,17)(H,19,20). The highest BCUT2D eigenvalue weighted by atomic mass is 32.1. The summed E-state index contributed by atoms with van der Waals surface area (Å²) in [5.41, 5.74) is 0. The third-order valence-corrected chi connectivity index (χ3v) is 4.63. The van der Waals surface area contributed by atoms with Gasteiger partial charge in [0.15, 0.2) is 0 Å². The van der Waals surface area contributed by atoms with Gasteiger partial charge in [0.25, 0.3) is 5.91 Å². The first-order valence-corrected chi connectivity index (χ1v) is 7.66. The molecule has 2 N–H and O–H groups in total. The molecule has 1 saturated heterocycles. The molecule has 0 atom stereocenters. The van der Waals surface area contributed by atoms with Gasteiger partial charge in [0.05, 0.1) is 4.88 Å². The van der Waals surface area contributed by atoms with Crippen LogP contribution in [0.25, 0.3) is 0 Å². The van der Waals surface area contributed by atoms with Crippen molar-refractivity contribution in [1.29, 1.82) is 0 Å². The summed E-state index contributed by atoms with van der Waals surface area (Å²) in [5.74, 6) is -0.747. The molecule has 7 heteroatoms. The van der Waals surface area contributed by atoms with Crippen LogP contribution in [0.15, 0.2) is 12.1 Å². The Morgan fingerprint density at radius 2 is 1.90 bits per heavy atom. The lowest BCUT2D eigenvalue weighted by Gasteiger charge is -2.31. The van der Waals surface area contributed by atoms with E-state index in [1.165, 1.54) is 13.0 Å². The maximum absolute atomic E-state index is 12.3. The van der Waals surface area contributed by atoms with Crippen LogP contribution in [-0.2, 0) is 4.79 Å². The van der Waals surface area contributed by atoms with Gasteiger partial charge in [0.2, 0.25) is 5.91 Å². The number of amides is 2. The predicted molar refractivity (Wildman–Crippen MR) is 78.6 cm³/mol. The molecular formula is C14H18N2O4S. The van der Waals surface area contributed by atoms with Crippen molar-refractivity contribution in [3.8, 4) is 0 Å².